The van der Waals surface area contributed by atoms with Crippen molar-refractivity contribution in [1.29, 1.82) is 0 Å². The van der Waals surface area contributed by atoms with Crippen molar-refractivity contribution < 1.29 is 4.79 Å². The summed E-state index contributed by atoms with van der Waals surface area (Å²) >= 11 is 0. The quantitative estimate of drug-likeness (QED) is 0.823. The van der Waals surface area contributed by atoms with Crippen LogP contribution in [0.3, 0.4) is 0 Å². The van der Waals surface area contributed by atoms with Gasteiger partial charge in [-0.3, -0.25) is 9.89 Å². The Bertz CT molecular complexity index is 750. The van der Waals surface area contributed by atoms with Gasteiger partial charge in [-0.25, -0.2) is 0 Å². The van der Waals surface area contributed by atoms with E-state index in [1.54, 1.807) is 17.1 Å². The minimum atomic E-state index is -0.0158. The number of hydrogen-bond donors (Lipinski definition) is 1. The van der Waals surface area contributed by atoms with E-state index >= 15 is 0 Å². The zero-order valence-corrected chi connectivity index (χ0v) is 13.9. The lowest BCUT2D eigenvalue weighted by molar-refractivity contribution is 0.0791. The molecule has 0 fully saturated rings. The number of H-pyrrole nitrogens is 1. The average molecular weight is 321 g/mol. The summed E-state index contributed by atoms with van der Waals surface area (Å²) in [5.41, 5.74) is 4.99. The Morgan fingerprint density at radius 2 is 1.88 bits per heavy atom. The summed E-state index contributed by atoms with van der Waals surface area (Å²) in [7, 11) is 0. The highest BCUT2D eigenvalue weighted by Gasteiger charge is 2.23. The monoisotopic (exact) mass is 321 g/mol. The molecule has 1 N–H and O–H groups in total. The molecule has 1 aromatic carbocycles. The predicted octanol–water partition coefficient (Wildman–Crippen LogP) is 3.77. The number of carbonyl (C=O) groups is 1. The summed E-state index contributed by atoms with van der Waals surface area (Å²) in [6.07, 6.45) is 7.90. The van der Waals surface area contributed by atoms with E-state index in [4.69, 9.17) is 0 Å². The second-order valence-corrected chi connectivity index (χ2v) is 6.07. The Hall–Kier alpha value is -2.62. The Balaban J connectivity index is 2.02. The minimum absolute atomic E-state index is 0.0158. The standard InChI is InChI=1S/C20H23N3O/c1-3-13-23(14-4-2)20(24)16-10-6-5-9-15(16)19-17-11-7-8-12-18(17)21-22-19/h3-6,9-10H,1-2,7-8,11-14H2,(H,21,22). The van der Waals surface area contributed by atoms with Gasteiger partial charge in [-0.2, -0.15) is 5.10 Å². The zero-order valence-electron chi connectivity index (χ0n) is 13.9. The van der Waals surface area contributed by atoms with Crippen molar-refractivity contribution in [3.63, 3.8) is 0 Å². The fourth-order valence-corrected chi connectivity index (χ4v) is 3.30. The molecule has 0 atom stereocenters. The lowest BCUT2D eigenvalue weighted by Gasteiger charge is -2.21. The van der Waals surface area contributed by atoms with Gasteiger partial charge in [-0.05, 0) is 31.7 Å². The van der Waals surface area contributed by atoms with Crippen LogP contribution in [0.5, 0.6) is 0 Å². The first-order valence-electron chi connectivity index (χ1n) is 8.42. The topological polar surface area (TPSA) is 49.0 Å². The number of nitrogens with zero attached hydrogens (tertiary/aromatic N) is 2. The molecule has 0 radical (unpaired) electrons. The number of benzene rings is 1. The van der Waals surface area contributed by atoms with E-state index in [0.717, 1.165) is 24.1 Å². The van der Waals surface area contributed by atoms with Crippen molar-refractivity contribution in [2.75, 3.05) is 13.1 Å². The molecule has 1 aliphatic rings. The van der Waals surface area contributed by atoms with Crippen molar-refractivity contribution in [2.24, 2.45) is 0 Å². The van der Waals surface area contributed by atoms with Gasteiger partial charge in [0.25, 0.3) is 5.91 Å². The van der Waals surface area contributed by atoms with Gasteiger partial charge in [0.1, 0.15) is 0 Å². The number of aryl methyl sites for hydroxylation is 1. The van der Waals surface area contributed by atoms with E-state index in [1.807, 2.05) is 24.3 Å². The Morgan fingerprint density at radius 1 is 1.17 bits per heavy atom. The smallest absolute Gasteiger partial charge is 0.255 e. The van der Waals surface area contributed by atoms with E-state index in [2.05, 4.69) is 23.4 Å². The van der Waals surface area contributed by atoms with Gasteiger partial charge < -0.3 is 4.90 Å². The maximum Gasteiger partial charge on any atom is 0.255 e. The second kappa shape index (κ2) is 7.30. The van der Waals surface area contributed by atoms with Crippen LogP contribution in [0.25, 0.3) is 11.3 Å². The first kappa shape index (κ1) is 16.2. The van der Waals surface area contributed by atoms with Crippen LogP contribution in [0, 0.1) is 0 Å². The predicted molar refractivity (Wildman–Crippen MR) is 97.0 cm³/mol. The number of rotatable bonds is 6. The molecular formula is C20H23N3O. The molecule has 1 aliphatic carbocycles. The van der Waals surface area contributed by atoms with Crippen molar-refractivity contribution in [3.05, 3.63) is 66.4 Å². The van der Waals surface area contributed by atoms with E-state index in [0.29, 0.717) is 18.7 Å². The lowest BCUT2D eigenvalue weighted by Crippen LogP contribution is -2.31. The van der Waals surface area contributed by atoms with Crippen molar-refractivity contribution in [1.82, 2.24) is 15.1 Å². The third-order valence-corrected chi connectivity index (χ3v) is 4.46. The highest BCUT2D eigenvalue weighted by atomic mass is 16.2. The number of carbonyl (C=O) groups excluding carboxylic acids is 1. The van der Waals surface area contributed by atoms with Crippen LogP contribution in [-0.4, -0.2) is 34.1 Å². The van der Waals surface area contributed by atoms with Gasteiger partial charge in [0.15, 0.2) is 0 Å². The fraction of sp³-hybridized carbons (Fsp3) is 0.300. The first-order chi connectivity index (χ1) is 11.8. The number of aromatic amines is 1. The Morgan fingerprint density at radius 3 is 2.62 bits per heavy atom. The molecule has 0 saturated carbocycles. The third-order valence-electron chi connectivity index (χ3n) is 4.46. The SMILES string of the molecule is C=CCN(CC=C)C(=O)c1ccccc1-c1n[nH]c2c1CCCC2. The number of aromatic nitrogens is 2. The van der Waals surface area contributed by atoms with Crippen LogP contribution in [0.1, 0.15) is 34.5 Å². The van der Waals surface area contributed by atoms with Gasteiger partial charge >= 0.3 is 0 Å². The summed E-state index contributed by atoms with van der Waals surface area (Å²) in [4.78, 5) is 14.7. The zero-order chi connectivity index (χ0) is 16.9. The normalized spacial score (nSPS) is 13.2. The average Bonchev–Trinajstić information content (AvgIpc) is 3.05. The largest absolute Gasteiger partial charge is 0.331 e. The van der Waals surface area contributed by atoms with Crippen molar-refractivity contribution in [2.45, 2.75) is 25.7 Å². The molecule has 4 nitrogen and oxygen atoms in total. The number of fused-ring (bicyclic) bond motifs is 1. The summed E-state index contributed by atoms with van der Waals surface area (Å²) in [5.74, 6) is -0.0158. The molecule has 124 valence electrons. The molecule has 0 unspecified atom stereocenters. The van der Waals surface area contributed by atoms with Gasteiger partial charge in [0.05, 0.1) is 5.69 Å². The Kier molecular flexibility index (Phi) is 4.94. The van der Waals surface area contributed by atoms with Gasteiger partial charge in [0, 0.05) is 35.5 Å². The van der Waals surface area contributed by atoms with Crippen LogP contribution in [0.15, 0.2) is 49.6 Å². The fourth-order valence-electron chi connectivity index (χ4n) is 3.30. The molecule has 2 aromatic rings. The molecule has 0 saturated heterocycles. The number of hydrogen-bond acceptors (Lipinski definition) is 2. The van der Waals surface area contributed by atoms with Crippen LogP contribution in [-0.2, 0) is 12.8 Å². The molecule has 0 spiro atoms. The number of nitrogens with one attached hydrogen (secondary N) is 1. The molecule has 0 aliphatic heterocycles. The van der Waals surface area contributed by atoms with Gasteiger partial charge in [-0.15, -0.1) is 13.2 Å². The molecule has 1 heterocycles. The summed E-state index contributed by atoms with van der Waals surface area (Å²) in [5, 5.41) is 7.69. The molecule has 24 heavy (non-hydrogen) atoms. The van der Waals surface area contributed by atoms with Crippen molar-refractivity contribution in [3.8, 4) is 11.3 Å². The molecular weight excluding hydrogens is 298 g/mol. The van der Waals surface area contributed by atoms with Crippen molar-refractivity contribution >= 4 is 5.91 Å². The molecule has 1 aromatic heterocycles. The Labute approximate surface area is 142 Å². The van der Waals surface area contributed by atoms with Gasteiger partial charge in [0.2, 0.25) is 0 Å². The van der Waals surface area contributed by atoms with Crippen LogP contribution in [0.2, 0.25) is 0 Å². The first-order valence-corrected chi connectivity index (χ1v) is 8.42. The minimum Gasteiger partial charge on any atom is -0.331 e. The van der Waals surface area contributed by atoms with E-state index in [-0.39, 0.29) is 5.91 Å². The van der Waals surface area contributed by atoms with Crippen LogP contribution in [0.4, 0.5) is 0 Å². The summed E-state index contributed by atoms with van der Waals surface area (Å²) in [6, 6.07) is 7.72. The van der Waals surface area contributed by atoms with Crippen LogP contribution >= 0.6 is 0 Å². The molecule has 3 rings (SSSR count). The molecule has 0 bridgehead atoms. The van der Waals surface area contributed by atoms with Gasteiger partial charge in [-0.1, -0.05) is 30.4 Å². The summed E-state index contributed by atoms with van der Waals surface area (Å²) < 4.78 is 0. The van der Waals surface area contributed by atoms with E-state index < -0.39 is 0 Å². The lowest BCUT2D eigenvalue weighted by atomic mass is 9.92. The third kappa shape index (κ3) is 3.04. The summed E-state index contributed by atoms with van der Waals surface area (Å²) in [6.45, 7) is 8.48. The van der Waals surface area contributed by atoms with E-state index in [9.17, 15) is 4.79 Å². The van der Waals surface area contributed by atoms with Crippen LogP contribution < -0.4 is 0 Å². The maximum atomic E-state index is 13.0. The highest BCUT2D eigenvalue weighted by molar-refractivity contribution is 6.01. The number of amides is 1. The molecule has 1 amide bonds. The highest BCUT2D eigenvalue weighted by Crippen LogP contribution is 2.31. The second-order valence-electron chi connectivity index (χ2n) is 6.07. The molecule has 4 heteroatoms. The maximum absolute atomic E-state index is 13.0. The van der Waals surface area contributed by atoms with E-state index in [1.165, 1.54) is 24.1 Å².